The van der Waals surface area contributed by atoms with E-state index in [1.807, 2.05) is 13.8 Å². The first-order chi connectivity index (χ1) is 14.6. The molecule has 1 aromatic carbocycles. The summed E-state index contributed by atoms with van der Waals surface area (Å²) in [5, 5.41) is 12.8. The molecule has 0 radical (unpaired) electrons. The first kappa shape index (κ1) is 22.9. The summed E-state index contributed by atoms with van der Waals surface area (Å²) in [6.07, 6.45) is -3.77. The Morgan fingerprint density at radius 3 is 2.61 bits per heavy atom. The molecule has 0 bridgehead atoms. The maximum atomic E-state index is 13.1. The van der Waals surface area contributed by atoms with Gasteiger partial charge in [-0.15, -0.1) is 10.2 Å². The van der Waals surface area contributed by atoms with Gasteiger partial charge in [0.25, 0.3) is 5.91 Å². The van der Waals surface area contributed by atoms with E-state index >= 15 is 0 Å². The van der Waals surface area contributed by atoms with E-state index in [2.05, 4.69) is 20.8 Å². The highest BCUT2D eigenvalue weighted by Crippen LogP contribution is 2.33. The highest BCUT2D eigenvalue weighted by molar-refractivity contribution is 7.99. The number of hydrogen-bond donors (Lipinski definition) is 2. The second-order valence-electron chi connectivity index (χ2n) is 6.76. The Hall–Kier alpha value is -2.79. The Kier molecular flexibility index (Phi) is 6.75. The predicted molar refractivity (Wildman–Crippen MR) is 111 cm³/mol. The van der Waals surface area contributed by atoms with E-state index in [0.717, 1.165) is 28.4 Å². The van der Waals surface area contributed by atoms with Gasteiger partial charge in [0.15, 0.2) is 10.8 Å². The van der Waals surface area contributed by atoms with E-state index in [-0.39, 0.29) is 33.5 Å². The van der Waals surface area contributed by atoms with E-state index in [0.29, 0.717) is 11.3 Å². The third-order valence-electron chi connectivity index (χ3n) is 3.95. The number of nitrogens with zero attached hydrogens (tertiary/aromatic N) is 3. The summed E-state index contributed by atoms with van der Waals surface area (Å²) in [6, 6.07) is 7.19. The highest BCUT2D eigenvalue weighted by Gasteiger charge is 2.32. The number of alkyl halides is 3. The smallest absolute Gasteiger partial charge is 0.350 e. The van der Waals surface area contributed by atoms with Crippen molar-refractivity contribution < 1.29 is 22.8 Å². The highest BCUT2D eigenvalue weighted by atomic mass is 35.5. The number of aromatic nitrogens is 3. The number of carbonyl (C=O) groups is 2. The van der Waals surface area contributed by atoms with Gasteiger partial charge in [0.2, 0.25) is 5.91 Å². The number of nitrogens with one attached hydrogen (secondary N) is 2. The fraction of sp³-hybridized carbons (Fsp3) is 0.263. The lowest BCUT2D eigenvalue weighted by Crippen LogP contribution is -2.31. The molecule has 2 amide bonds. The third-order valence-corrected chi connectivity index (χ3v) is 5.18. The van der Waals surface area contributed by atoms with Crippen LogP contribution in [0.5, 0.6) is 0 Å². The minimum Gasteiger partial charge on any atom is -0.350 e. The van der Waals surface area contributed by atoms with E-state index in [1.165, 1.54) is 0 Å². The van der Waals surface area contributed by atoms with Crippen LogP contribution < -0.4 is 10.6 Å². The normalized spacial score (nSPS) is 11.7. The van der Waals surface area contributed by atoms with Crippen molar-refractivity contribution in [2.45, 2.75) is 31.2 Å². The third kappa shape index (κ3) is 5.47. The summed E-state index contributed by atoms with van der Waals surface area (Å²) >= 11 is 6.77. The molecular weight excluding hydrogens is 455 g/mol. The van der Waals surface area contributed by atoms with Crippen molar-refractivity contribution in [1.29, 1.82) is 0 Å². The van der Waals surface area contributed by atoms with Gasteiger partial charge in [0.05, 0.1) is 27.6 Å². The number of pyridine rings is 1. The van der Waals surface area contributed by atoms with Gasteiger partial charge in [0.1, 0.15) is 0 Å². The van der Waals surface area contributed by atoms with Crippen LogP contribution in [0, 0.1) is 0 Å². The zero-order valence-corrected chi connectivity index (χ0v) is 17.9. The van der Waals surface area contributed by atoms with Crippen molar-refractivity contribution in [3.05, 3.63) is 52.7 Å². The predicted octanol–water partition coefficient (Wildman–Crippen LogP) is 4.27. The zero-order valence-electron chi connectivity index (χ0n) is 16.3. The molecule has 3 rings (SSSR count). The SMILES string of the molecule is CC(C)NC(=O)c1ccccc1NC(=O)CSc1nnc2c(Cl)cc(C(F)(F)F)cn12. The molecule has 0 atom stereocenters. The van der Waals surface area contributed by atoms with Crippen LogP contribution in [0.2, 0.25) is 5.02 Å². The Morgan fingerprint density at radius 1 is 1.23 bits per heavy atom. The maximum Gasteiger partial charge on any atom is 0.417 e. The Labute approximate surface area is 184 Å². The lowest BCUT2D eigenvalue weighted by molar-refractivity contribution is -0.137. The average Bonchev–Trinajstić information content (AvgIpc) is 3.09. The molecule has 2 N–H and O–H groups in total. The van der Waals surface area contributed by atoms with Gasteiger partial charge < -0.3 is 10.6 Å². The zero-order chi connectivity index (χ0) is 22.8. The number of carbonyl (C=O) groups excluding carboxylic acids is 2. The molecule has 164 valence electrons. The molecule has 0 saturated heterocycles. The van der Waals surface area contributed by atoms with Gasteiger partial charge >= 0.3 is 6.18 Å². The van der Waals surface area contributed by atoms with Crippen LogP contribution >= 0.6 is 23.4 Å². The molecule has 7 nitrogen and oxygen atoms in total. The van der Waals surface area contributed by atoms with Gasteiger partial charge in [-0.2, -0.15) is 13.2 Å². The lowest BCUT2D eigenvalue weighted by atomic mass is 10.1. The van der Waals surface area contributed by atoms with Crippen molar-refractivity contribution in [3.63, 3.8) is 0 Å². The van der Waals surface area contributed by atoms with Crippen molar-refractivity contribution in [3.8, 4) is 0 Å². The monoisotopic (exact) mass is 471 g/mol. The van der Waals surface area contributed by atoms with Crippen molar-refractivity contribution >= 4 is 46.5 Å². The number of rotatable bonds is 6. The number of benzene rings is 1. The number of anilines is 1. The molecule has 31 heavy (non-hydrogen) atoms. The van der Waals surface area contributed by atoms with Gasteiger partial charge in [-0.1, -0.05) is 35.5 Å². The molecular formula is C19H17ClF3N5O2S. The number of fused-ring (bicyclic) bond motifs is 1. The van der Waals surface area contributed by atoms with Crippen LogP contribution in [0.15, 0.2) is 41.7 Å². The molecule has 0 aliphatic heterocycles. The fourth-order valence-corrected chi connectivity index (χ4v) is 3.59. The number of hydrogen-bond acceptors (Lipinski definition) is 5. The standard InChI is InChI=1S/C19H17ClF3N5O2S/c1-10(2)24-17(30)12-5-3-4-6-14(12)25-15(29)9-31-18-27-26-16-13(20)7-11(8-28(16)18)19(21,22)23/h3-8,10H,9H2,1-2H3,(H,24,30)(H,25,29). The summed E-state index contributed by atoms with van der Waals surface area (Å²) in [5.74, 6) is -0.977. The van der Waals surface area contributed by atoms with E-state index in [9.17, 15) is 22.8 Å². The van der Waals surface area contributed by atoms with Crippen molar-refractivity contribution in [2.24, 2.45) is 0 Å². The summed E-state index contributed by atoms with van der Waals surface area (Å²) in [5.41, 5.74) is -0.293. The Balaban J connectivity index is 1.75. The van der Waals surface area contributed by atoms with Crippen LogP contribution in [0.4, 0.5) is 18.9 Å². The van der Waals surface area contributed by atoms with E-state index in [1.54, 1.807) is 24.3 Å². The number of para-hydroxylation sites is 1. The number of amides is 2. The Bertz CT molecular complexity index is 1130. The number of halogens is 4. The first-order valence-corrected chi connectivity index (χ1v) is 10.4. The largest absolute Gasteiger partial charge is 0.417 e. The lowest BCUT2D eigenvalue weighted by Gasteiger charge is -2.13. The molecule has 3 aromatic rings. The van der Waals surface area contributed by atoms with Crippen LogP contribution in [0.25, 0.3) is 5.65 Å². The summed E-state index contributed by atoms with van der Waals surface area (Å²) < 4.78 is 40.3. The minimum absolute atomic E-state index is 0.0493. The molecule has 0 spiro atoms. The molecule has 2 aromatic heterocycles. The second-order valence-corrected chi connectivity index (χ2v) is 8.11. The van der Waals surface area contributed by atoms with Crippen molar-refractivity contribution in [2.75, 3.05) is 11.1 Å². The molecule has 0 fully saturated rings. The van der Waals surface area contributed by atoms with Crippen LogP contribution in [0.3, 0.4) is 0 Å². The average molecular weight is 472 g/mol. The quantitative estimate of drug-likeness (QED) is 0.524. The Morgan fingerprint density at radius 2 is 1.94 bits per heavy atom. The van der Waals surface area contributed by atoms with Crippen LogP contribution in [0.1, 0.15) is 29.8 Å². The first-order valence-electron chi connectivity index (χ1n) is 9.00. The number of thioether (sulfide) groups is 1. The second kappa shape index (κ2) is 9.15. The van der Waals surface area contributed by atoms with Crippen molar-refractivity contribution in [1.82, 2.24) is 19.9 Å². The van der Waals surface area contributed by atoms with Gasteiger partial charge in [-0.3, -0.25) is 14.0 Å². The topological polar surface area (TPSA) is 88.4 Å². The fourth-order valence-electron chi connectivity index (χ4n) is 2.63. The van der Waals surface area contributed by atoms with E-state index in [4.69, 9.17) is 11.6 Å². The van der Waals surface area contributed by atoms with E-state index < -0.39 is 17.6 Å². The summed E-state index contributed by atoms with van der Waals surface area (Å²) in [6.45, 7) is 3.63. The molecule has 0 unspecified atom stereocenters. The maximum absolute atomic E-state index is 13.1. The summed E-state index contributed by atoms with van der Waals surface area (Å²) in [4.78, 5) is 24.7. The molecule has 2 heterocycles. The molecule has 12 heteroatoms. The molecule has 0 aliphatic carbocycles. The van der Waals surface area contributed by atoms with Gasteiger partial charge in [-0.25, -0.2) is 0 Å². The van der Waals surface area contributed by atoms with Gasteiger partial charge in [-0.05, 0) is 32.0 Å². The van der Waals surface area contributed by atoms with Crippen LogP contribution in [-0.2, 0) is 11.0 Å². The molecule has 0 aliphatic rings. The van der Waals surface area contributed by atoms with Crippen LogP contribution in [-0.4, -0.2) is 38.2 Å². The minimum atomic E-state index is -4.60. The summed E-state index contributed by atoms with van der Waals surface area (Å²) in [7, 11) is 0. The van der Waals surface area contributed by atoms with Gasteiger partial charge in [0, 0.05) is 12.2 Å². The molecule has 0 saturated carbocycles.